The summed E-state index contributed by atoms with van der Waals surface area (Å²) in [6, 6.07) is 4.40. The van der Waals surface area contributed by atoms with Gasteiger partial charge in [-0.05, 0) is 24.1 Å². The molecular formula is C12H13F3NO. The Morgan fingerprint density at radius 1 is 1.47 bits per heavy atom. The molecule has 93 valence electrons. The number of alkyl halides is 3. The number of hydrogen-bond acceptors (Lipinski definition) is 1. The van der Waals surface area contributed by atoms with Crippen molar-refractivity contribution >= 4 is 5.91 Å². The molecule has 1 atom stereocenters. The standard InChI is InChI=1S/C12H13F3NO/c1-3-11(16-8(2)17)9-5-4-6-10(7-9)12(13,14)15/h4-7,11H,1,3H2,2H3,(H,16,17)/t11-/m0/s1. The summed E-state index contributed by atoms with van der Waals surface area (Å²) in [7, 11) is 0. The summed E-state index contributed by atoms with van der Waals surface area (Å²) in [6.07, 6.45) is -4.08. The lowest BCUT2D eigenvalue weighted by molar-refractivity contribution is -0.137. The van der Waals surface area contributed by atoms with Crippen LogP contribution in [0.1, 0.15) is 30.5 Å². The van der Waals surface area contributed by atoms with E-state index in [-0.39, 0.29) is 5.91 Å². The third-order valence-electron chi connectivity index (χ3n) is 2.28. The quantitative estimate of drug-likeness (QED) is 0.869. The number of rotatable bonds is 3. The topological polar surface area (TPSA) is 29.1 Å². The molecule has 0 aliphatic carbocycles. The zero-order chi connectivity index (χ0) is 13.1. The summed E-state index contributed by atoms with van der Waals surface area (Å²) in [5.41, 5.74) is -0.316. The molecule has 1 rings (SSSR count). The molecule has 1 radical (unpaired) electrons. The van der Waals surface area contributed by atoms with E-state index in [0.717, 1.165) is 12.1 Å². The third-order valence-corrected chi connectivity index (χ3v) is 2.28. The van der Waals surface area contributed by atoms with Crippen LogP contribution in [0.15, 0.2) is 24.3 Å². The van der Waals surface area contributed by atoms with Crippen molar-refractivity contribution in [2.75, 3.05) is 0 Å². The van der Waals surface area contributed by atoms with Crippen molar-refractivity contribution in [3.63, 3.8) is 0 Å². The fourth-order valence-electron chi connectivity index (χ4n) is 1.50. The molecule has 5 heteroatoms. The molecule has 0 saturated heterocycles. The molecule has 0 bridgehead atoms. The summed E-state index contributed by atoms with van der Waals surface area (Å²) in [6.45, 7) is 4.93. The SMILES string of the molecule is [CH2]C[C@H](NC(C)=O)c1cccc(C(F)(F)F)c1. The molecule has 0 spiro atoms. The van der Waals surface area contributed by atoms with Gasteiger partial charge >= 0.3 is 6.18 Å². The normalized spacial score (nSPS) is 13.2. The Hall–Kier alpha value is -1.52. The van der Waals surface area contributed by atoms with Crippen molar-refractivity contribution in [1.82, 2.24) is 5.32 Å². The molecule has 0 unspecified atom stereocenters. The van der Waals surface area contributed by atoms with Crippen molar-refractivity contribution in [2.24, 2.45) is 0 Å². The summed E-state index contributed by atoms with van der Waals surface area (Å²) in [5.74, 6) is -0.295. The Balaban J connectivity index is 3.01. The van der Waals surface area contributed by atoms with Crippen molar-refractivity contribution in [2.45, 2.75) is 25.6 Å². The van der Waals surface area contributed by atoms with Gasteiger partial charge in [-0.2, -0.15) is 13.2 Å². The fourth-order valence-corrected chi connectivity index (χ4v) is 1.50. The van der Waals surface area contributed by atoms with E-state index >= 15 is 0 Å². The largest absolute Gasteiger partial charge is 0.416 e. The van der Waals surface area contributed by atoms with E-state index in [1.54, 1.807) is 6.07 Å². The highest BCUT2D eigenvalue weighted by atomic mass is 19.4. The van der Waals surface area contributed by atoms with Crippen LogP contribution in [0.4, 0.5) is 13.2 Å². The van der Waals surface area contributed by atoms with Crippen LogP contribution in [0.25, 0.3) is 0 Å². The molecule has 1 amide bonds. The molecule has 1 aromatic carbocycles. The monoisotopic (exact) mass is 244 g/mol. The van der Waals surface area contributed by atoms with Gasteiger partial charge in [0.05, 0.1) is 11.6 Å². The zero-order valence-corrected chi connectivity index (χ0v) is 9.34. The Morgan fingerprint density at radius 2 is 2.12 bits per heavy atom. The van der Waals surface area contributed by atoms with Crippen LogP contribution in [0.3, 0.4) is 0 Å². The van der Waals surface area contributed by atoms with Crippen LogP contribution in [0.5, 0.6) is 0 Å². The third kappa shape index (κ3) is 3.76. The van der Waals surface area contributed by atoms with E-state index in [1.165, 1.54) is 13.0 Å². The predicted octanol–water partition coefficient (Wildman–Crippen LogP) is 3.11. The first kappa shape index (κ1) is 13.5. The first-order chi connectivity index (χ1) is 7.84. The molecule has 0 aliphatic heterocycles. The average molecular weight is 244 g/mol. The fraction of sp³-hybridized carbons (Fsp3) is 0.333. The van der Waals surface area contributed by atoms with Crippen LogP contribution in [-0.2, 0) is 11.0 Å². The summed E-state index contributed by atoms with van der Waals surface area (Å²) in [5, 5.41) is 2.56. The van der Waals surface area contributed by atoms with E-state index in [1.807, 2.05) is 0 Å². The lowest BCUT2D eigenvalue weighted by atomic mass is 10.0. The number of amides is 1. The van der Waals surface area contributed by atoms with Gasteiger partial charge < -0.3 is 5.32 Å². The highest BCUT2D eigenvalue weighted by Gasteiger charge is 2.30. The average Bonchev–Trinajstić information content (AvgIpc) is 2.24. The molecule has 17 heavy (non-hydrogen) atoms. The van der Waals surface area contributed by atoms with Gasteiger partial charge in [0.15, 0.2) is 0 Å². The number of carbonyl (C=O) groups is 1. The molecule has 0 saturated carbocycles. The molecule has 0 fully saturated rings. The molecule has 0 aliphatic rings. The maximum absolute atomic E-state index is 12.5. The lowest BCUT2D eigenvalue weighted by Gasteiger charge is -2.17. The molecule has 0 aromatic heterocycles. The van der Waals surface area contributed by atoms with Crippen molar-refractivity contribution in [3.8, 4) is 0 Å². The van der Waals surface area contributed by atoms with Crippen molar-refractivity contribution in [1.29, 1.82) is 0 Å². The minimum atomic E-state index is -4.38. The number of nitrogens with one attached hydrogen (secondary N) is 1. The summed E-state index contributed by atoms with van der Waals surface area (Å²) >= 11 is 0. The number of hydrogen-bond donors (Lipinski definition) is 1. The second kappa shape index (κ2) is 5.21. The highest BCUT2D eigenvalue weighted by Crippen LogP contribution is 2.31. The molecule has 1 aromatic rings. The number of benzene rings is 1. The van der Waals surface area contributed by atoms with Crippen molar-refractivity contribution < 1.29 is 18.0 Å². The van der Waals surface area contributed by atoms with E-state index < -0.39 is 17.8 Å². The van der Waals surface area contributed by atoms with Gasteiger partial charge in [-0.25, -0.2) is 0 Å². The van der Waals surface area contributed by atoms with Crippen LogP contribution in [0.2, 0.25) is 0 Å². The summed E-state index contributed by atoms with van der Waals surface area (Å²) < 4.78 is 37.5. The van der Waals surface area contributed by atoms with Gasteiger partial charge in [-0.15, -0.1) is 0 Å². The van der Waals surface area contributed by atoms with Gasteiger partial charge in [0.25, 0.3) is 0 Å². The van der Waals surface area contributed by atoms with E-state index in [2.05, 4.69) is 12.2 Å². The smallest absolute Gasteiger partial charge is 0.350 e. The lowest BCUT2D eigenvalue weighted by Crippen LogP contribution is -2.25. The Kier molecular flexibility index (Phi) is 4.15. The van der Waals surface area contributed by atoms with Crippen LogP contribution < -0.4 is 5.32 Å². The maximum atomic E-state index is 12.5. The number of halogens is 3. The second-order valence-corrected chi connectivity index (χ2v) is 3.67. The molecule has 0 heterocycles. The van der Waals surface area contributed by atoms with Gasteiger partial charge in [-0.1, -0.05) is 19.1 Å². The van der Waals surface area contributed by atoms with Gasteiger partial charge in [0, 0.05) is 6.92 Å². The van der Waals surface area contributed by atoms with Gasteiger partial charge in [0.2, 0.25) is 5.91 Å². The van der Waals surface area contributed by atoms with Crippen molar-refractivity contribution in [3.05, 3.63) is 42.3 Å². The maximum Gasteiger partial charge on any atom is 0.416 e. The van der Waals surface area contributed by atoms with Gasteiger partial charge in [0.1, 0.15) is 0 Å². The zero-order valence-electron chi connectivity index (χ0n) is 9.34. The second-order valence-electron chi connectivity index (χ2n) is 3.67. The van der Waals surface area contributed by atoms with E-state index in [0.29, 0.717) is 12.0 Å². The Bertz CT molecular complexity index is 401. The highest BCUT2D eigenvalue weighted by molar-refractivity contribution is 5.73. The minimum Gasteiger partial charge on any atom is -0.350 e. The molecule has 2 nitrogen and oxygen atoms in total. The van der Waals surface area contributed by atoms with E-state index in [9.17, 15) is 18.0 Å². The van der Waals surface area contributed by atoms with Crippen LogP contribution in [-0.4, -0.2) is 5.91 Å². The minimum absolute atomic E-state index is 0.293. The van der Waals surface area contributed by atoms with Crippen LogP contribution >= 0.6 is 0 Å². The number of carbonyl (C=O) groups excluding carboxylic acids is 1. The van der Waals surface area contributed by atoms with Crippen LogP contribution in [0, 0.1) is 6.92 Å². The Morgan fingerprint density at radius 3 is 2.59 bits per heavy atom. The summed E-state index contributed by atoms with van der Waals surface area (Å²) in [4.78, 5) is 10.9. The van der Waals surface area contributed by atoms with E-state index in [4.69, 9.17) is 0 Å². The molecular weight excluding hydrogens is 231 g/mol. The first-order valence-corrected chi connectivity index (χ1v) is 5.08. The predicted molar refractivity (Wildman–Crippen MR) is 58.0 cm³/mol. The first-order valence-electron chi connectivity index (χ1n) is 5.08. The molecule has 1 N–H and O–H groups in total. The van der Waals surface area contributed by atoms with Gasteiger partial charge in [-0.3, -0.25) is 4.79 Å². The Labute approximate surface area is 97.8 Å².